The SMILES string of the molecule is CNC(CCCc1ccccc1)CCc1ccc(C)cc1. The van der Waals surface area contributed by atoms with E-state index in [1.807, 2.05) is 0 Å². The van der Waals surface area contributed by atoms with Gasteiger partial charge in [0.1, 0.15) is 0 Å². The van der Waals surface area contributed by atoms with E-state index in [-0.39, 0.29) is 0 Å². The Balaban J connectivity index is 1.71. The topological polar surface area (TPSA) is 12.0 Å². The lowest BCUT2D eigenvalue weighted by Gasteiger charge is -2.16. The van der Waals surface area contributed by atoms with Gasteiger partial charge in [-0.15, -0.1) is 0 Å². The van der Waals surface area contributed by atoms with Crippen molar-refractivity contribution in [2.75, 3.05) is 7.05 Å². The first kappa shape index (κ1) is 15.8. The van der Waals surface area contributed by atoms with Crippen molar-refractivity contribution in [2.24, 2.45) is 0 Å². The maximum absolute atomic E-state index is 3.47. The zero-order valence-electron chi connectivity index (χ0n) is 13.3. The monoisotopic (exact) mass is 281 g/mol. The molecule has 0 aliphatic heterocycles. The lowest BCUT2D eigenvalue weighted by Crippen LogP contribution is -2.25. The van der Waals surface area contributed by atoms with Crippen LogP contribution in [0.4, 0.5) is 0 Å². The van der Waals surface area contributed by atoms with E-state index in [1.165, 1.54) is 42.4 Å². The fourth-order valence-corrected chi connectivity index (χ4v) is 2.73. The van der Waals surface area contributed by atoms with Crippen LogP contribution in [0.15, 0.2) is 54.6 Å². The lowest BCUT2D eigenvalue weighted by atomic mass is 9.99. The summed E-state index contributed by atoms with van der Waals surface area (Å²) in [5.74, 6) is 0. The Labute approximate surface area is 129 Å². The standard InChI is InChI=1S/C20H27N/c1-17-11-13-19(14-12-17)15-16-20(21-2)10-6-9-18-7-4-3-5-8-18/h3-5,7-8,11-14,20-21H,6,9-10,15-16H2,1-2H3. The van der Waals surface area contributed by atoms with Crippen LogP contribution in [-0.2, 0) is 12.8 Å². The minimum atomic E-state index is 0.620. The van der Waals surface area contributed by atoms with Crippen molar-refractivity contribution in [2.45, 2.75) is 45.1 Å². The van der Waals surface area contributed by atoms with Crippen LogP contribution in [0.2, 0.25) is 0 Å². The highest BCUT2D eigenvalue weighted by Crippen LogP contribution is 2.12. The van der Waals surface area contributed by atoms with Crippen LogP contribution in [0.25, 0.3) is 0 Å². The van der Waals surface area contributed by atoms with Gasteiger partial charge >= 0.3 is 0 Å². The van der Waals surface area contributed by atoms with Gasteiger partial charge in [-0.2, -0.15) is 0 Å². The van der Waals surface area contributed by atoms with Gasteiger partial charge in [-0.3, -0.25) is 0 Å². The Bertz CT molecular complexity index is 501. The van der Waals surface area contributed by atoms with E-state index in [0.717, 1.165) is 6.42 Å². The first-order valence-corrected chi connectivity index (χ1v) is 8.04. The Morgan fingerprint density at radius 1 is 0.810 bits per heavy atom. The molecule has 1 nitrogen and oxygen atoms in total. The fraction of sp³-hybridized carbons (Fsp3) is 0.400. The van der Waals surface area contributed by atoms with Crippen molar-refractivity contribution in [3.63, 3.8) is 0 Å². The Hall–Kier alpha value is -1.60. The van der Waals surface area contributed by atoms with E-state index in [4.69, 9.17) is 0 Å². The van der Waals surface area contributed by atoms with Crippen LogP contribution in [-0.4, -0.2) is 13.1 Å². The quantitative estimate of drug-likeness (QED) is 0.749. The van der Waals surface area contributed by atoms with Crippen molar-refractivity contribution >= 4 is 0 Å². The smallest absolute Gasteiger partial charge is 0.00673 e. The molecule has 0 bridgehead atoms. The summed E-state index contributed by atoms with van der Waals surface area (Å²) >= 11 is 0. The van der Waals surface area contributed by atoms with Gasteiger partial charge in [0.15, 0.2) is 0 Å². The van der Waals surface area contributed by atoms with Crippen molar-refractivity contribution in [3.05, 3.63) is 71.3 Å². The molecular formula is C20H27N. The third-order valence-corrected chi connectivity index (χ3v) is 4.17. The molecule has 1 atom stereocenters. The highest BCUT2D eigenvalue weighted by Gasteiger charge is 2.06. The van der Waals surface area contributed by atoms with Crippen molar-refractivity contribution in [3.8, 4) is 0 Å². The minimum Gasteiger partial charge on any atom is -0.317 e. The lowest BCUT2D eigenvalue weighted by molar-refractivity contribution is 0.474. The number of hydrogen-bond acceptors (Lipinski definition) is 1. The number of nitrogens with one attached hydrogen (secondary N) is 1. The maximum Gasteiger partial charge on any atom is 0.00673 e. The third-order valence-electron chi connectivity index (χ3n) is 4.17. The summed E-state index contributed by atoms with van der Waals surface area (Å²) in [7, 11) is 2.09. The molecule has 2 rings (SSSR count). The molecule has 1 N–H and O–H groups in total. The van der Waals surface area contributed by atoms with E-state index in [1.54, 1.807) is 0 Å². The molecule has 21 heavy (non-hydrogen) atoms. The summed E-state index contributed by atoms with van der Waals surface area (Å²) in [5.41, 5.74) is 4.24. The molecule has 112 valence electrons. The summed E-state index contributed by atoms with van der Waals surface area (Å²) in [4.78, 5) is 0. The second kappa shape index (κ2) is 8.63. The van der Waals surface area contributed by atoms with Crippen molar-refractivity contribution in [1.82, 2.24) is 5.32 Å². The summed E-state index contributed by atoms with van der Waals surface area (Å²) in [5, 5.41) is 3.47. The molecule has 1 heteroatoms. The first-order valence-electron chi connectivity index (χ1n) is 8.04. The van der Waals surface area contributed by atoms with Gasteiger partial charge < -0.3 is 5.32 Å². The van der Waals surface area contributed by atoms with E-state index in [2.05, 4.69) is 73.9 Å². The summed E-state index contributed by atoms with van der Waals surface area (Å²) in [6, 6.07) is 20.3. The van der Waals surface area contributed by atoms with Gasteiger partial charge in [-0.05, 0) is 57.2 Å². The third kappa shape index (κ3) is 5.73. The van der Waals surface area contributed by atoms with E-state index < -0.39 is 0 Å². The zero-order chi connectivity index (χ0) is 14.9. The van der Waals surface area contributed by atoms with Crippen LogP contribution < -0.4 is 5.32 Å². The van der Waals surface area contributed by atoms with Gasteiger partial charge in [0.05, 0.1) is 0 Å². The average molecular weight is 281 g/mol. The van der Waals surface area contributed by atoms with Crippen molar-refractivity contribution in [1.29, 1.82) is 0 Å². The van der Waals surface area contributed by atoms with E-state index >= 15 is 0 Å². The van der Waals surface area contributed by atoms with Gasteiger partial charge in [0.2, 0.25) is 0 Å². The Morgan fingerprint density at radius 2 is 1.48 bits per heavy atom. The van der Waals surface area contributed by atoms with Gasteiger partial charge in [0.25, 0.3) is 0 Å². The van der Waals surface area contributed by atoms with Gasteiger partial charge in [0, 0.05) is 6.04 Å². The largest absolute Gasteiger partial charge is 0.317 e. The number of aryl methyl sites for hydroxylation is 3. The molecule has 0 aromatic heterocycles. The highest BCUT2D eigenvalue weighted by molar-refractivity contribution is 5.21. The second-order valence-electron chi connectivity index (χ2n) is 5.89. The first-order chi connectivity index (χ1) is 10.3. The summed E-state index contributed by atoms with van der Waals surface area (Å²) in [6.07, 6.45) is 6.07. The molecule has 0 radical (unpaired) electrons. The zero-order valence-corrected chi connectivity index (χ0v) is 13.3. The van der Waals surface area contributed by atoms with Crippen LogP contribution in [0.3, 0.4) is 0 Å². The molecule has 0 saturated carbocycles. The van der Waals surface area contributed by atoms with Gasteiger partial charge in [-0.1, -0.05) is 60.2 Å². The van der Waals surface area contributed by atoms with Crippen molar-refractivity contribution < 1.29 is 0 Å². The fourth-order valence-electron chi connectivity index (χ4n) is 2.73. The molecule has 0 amide bonds. The Morgan fingerprint density at radius 3 is 2.14 bits per heavy atom. The van der Waals surface area contributed by atoms with Crippen LogP contribution in [0.5, 0.6) is 0 Å². The van der Waals surface area contributed by atoms with E-state index in [0.29, 0.717) is 6.04 Å². The van der Waals surface area contributed by atoms with Crippen LogP contribution in [0.1, 0.15) is 36.0 Å². The molecule has 0 fully saturated rings. The number of benzene rings is 2. The molecule has 0 saturated heterocycles. The van der Waals surface area contributed by atoms with E-state index in [9.17, 15) is 0 Å². The molecule has 1 unspecified atom stereocenters. The molecule has 2 aromatic rings. The number of rotatable bonds is 8. The summed E-state index contributed by atoms with van der Waals surface area (Å²) in [6.45, 7) is 2.14. The highest BCUT2D eigenvalue weighted by atomic mass is 14.9. The Kier molecular flexibility index (Phi) is 6.49. The number of hydrogen-bond donors (Lipinski definition) is 1. The molecule has 0 spiro atoms. The van der Waals surface area contributed by atoms with Crippen LogP contribution in [0, 0.1) is 6.92 Å². The normalized spacial score (nSPS) is 12.3. The maximum atomic E-state index is 3.47. The predicted octanol–water partition coefficient (Wildman–Crippen LogP) is 4.54. The minimum absolute atomic E-state index is 0.620. The molecule has 0 heterocycles. The molecular weight excluding hydrogens is 254 g/mol. The average Bonchev–Trinajstić information content (AvgIpc) is 2.53. The molecule has 0 aliphatic carbocycles. The predicted molar refractivity (Wildman–Crippen MR) is 91.7 cm³/mol. The van der Waals surface area contributed by atoms with Crippen LogP contribution >= 0.6 is 0 Å². The second-order valence-corrected chi connectivity index (χ2v) is 5.89. The molecule has 0 aliphatic rings. The van der Waals surface area contributed by atoms with Gasteiger partial charge in [-0.25, -0.2) is 0 Å². The summed E-state index contributed by atoms with van der Waals surface area (Å²) < 4.78 is 0. The molecule has 2 aromatic carbocycles.